The molecule has 4 aliphatic heterocycles. The second-order valence-electron chi connectivity index (χ2n) is 27.4. The summed E-state index contributed by atoms with van der Waals surface area (Å²) >= 11 is 0. The molecule has 7 aromatic carbocycles. The SMILES string of the molecule is CC1C=C2CC(=CC(C)(c3ccc(N4c5cc(N6c7ccc(-c8ccccc8)cc7C7(C)CCCCC67C)cc6c5B5c7c4cccc7[Si](C)(C)c4cccc(c45)N6c4ccc(C5(C)C=C6CC7=CC(C5)C76)cc4)cc3)C1)C2. The molecule has 3 nitrogen and oxygen atoms in total. The van der Waals surface area contributed by atoms with Gasteiger partial charge in [0.15, 0.2) is 0 Å². The normalized spacial score (nSPS) is 29.4. The van der Waals surface area contributed by atoms with Crippen LogP contribution in [0, 0.1) is 17.8 Å². The molecule has 5 heteroatoms. The summed E-state index contributed by atoms with van der Waals surface area (Å²) in [6.45, 7) is 18.0. The summed E-state index contributed by atoms with van der Waals surface area (Å²) in [4.78, 5) is 8.29. The Kier molecular flexibility index (Phi) is 9.17. The minimum Gasteiger partial charge on any atom is -0.334 e. The zero-order chi connectivity index (χ0) is 52.4. The van der Waals surface area contributed by atoms with Crippen molar-refractivity contribution in [2.75, 3.05) is 14.7 Å². The lowest BCUT2D eigenvalue weighted by Gasteiger charge is -2.54. The van der Waals surface area contributed by atoms with Crippen LogP contribution in [-0.2, 0) is 16.2 Å². The van der Waals surface area contributed by atoms with Gasteiger partial charge in [-0.1, -0.05) is 196 Å². The lowest BCUT2D eigenvalue weighted by atomic mass is 9.33. The van der Waals surface area contributed by atoms with Crippen LogP contribution >= 0.6 is 0 Å². The van der Waals surface area contributed by atoms with Crippen molar-refractivity contribution in [2.45, 2.75) is 127 Å². The third-order valence-electron chi connectivity index (χ3n) is 22.4. The van der Waals surface area contributed by atoms with Crippen LogP contribution in [0.15, 0.2) is 192 Å². The molecule has 11 aliphatic rings. The smallest absolute Gasteiger partial charge is 0.251 e. The van der Waals surface area contributed by atoms with Gasteiger partial charge in [-0.05, 0) is 169 Å². The van der Waals surface area contributed by atoms with Crippen LogP contribution < -0.4 is 41.5 Å². The van der Waals surface area contributed by atoms with Crippen molar-refractivity contribution in [2.24, 2.45) is 17.8 Å². The predicted molar refractivity (Wildman–Crippen MR) is 332 cm³/mol. The Balaban J connectivity index is 0.905. The van der Waals surface area contributed by atoms with E-state index in [1.54, 1.807) is 32.7 Å². The van der Waals surface area contributed by atoms with Crippen LogP contribution in [0.2, 0.25) is 13.1 Å². The molecule has 7 aliphatic carbocycles. The maximum Gasteiger partial charge on any atom is 0.251 e. The number of benzene rings is 7. The first-order valence-corrected chi connectivity index (χ1v) is 32.8. The predicted octanol–water partition coefficient (Wildman–Crippen LogP) is 15.4. The van der Waals surface area contributed by atoms with Crippen LogP contribution in [-0.4, -0.2) is 20.3 Å². The fourth-order valence-corrected chi connectivity index (χ4v) is 21.7. The Hall–Kier alpha value is -6.82. The third-order valence-corrected chi connectivity index (χ3v) is 26.0. The summed E-state index contributed by atoms with van der Waals surface area (Å²) in [5, 5.41) is 3.16. The number of nitrogens with zero attached hydrogens (tertiary/aromatic N) is 3. The average molecular weight is 1030 g/mol. The zero-order valence-electron chi connectivity index (χ0n) is 46.7. The van der Waals surface area contributed by atoms with Crippen molar-refractivity contribution in [3.05, 3.63) is 209 Å². The highest BCUT2D eigenvalue weighted by molar-refractivity contribution is 7.16. The van der Waals surface area contributed by atoms with E-state index < -0.39 is 8.07 Å². The van der Waals surface area contributed by atoms with Gasteiger partial charge in [-0.15, -0.1) is 0 Å². The zero-order valence-corrected chi connectivity index (χ0v) is 47.7. The van der Waals surface area contributed by atoms with Gasteiger partial charge in [0.1, 0.15) is 8.07 Å². The van der Waals surface area contributed by atoms with E-state index >= 15 is 0 Å². The van der Waals surface area contributed by atoms with E-state index in [2.05, 4.69) is 232 Å². The van der Waals surface area contributed by atoms with Gasteiger partial charge in [0.25, 0.3) is 6.71 Å². The van der Waals surface area contributed by atoms with E-state index in [1.165, 1.54) is 122 Å². The first-order valence-electron chi connectivity index (χ1n) is 29.8. The van der Waals surface area contributed by atoms with Crippen molar-refractivity contribution in [3.8, 4) is 11.1 Å². The van der Waals surface area contributed by atoms with Crippen molar-refractivity contribution in [1.82, 2.24) is 0 Å². The molecule has 0 saturated heterocycles. The minimum atomic E-state index is -2.21. The van der Waals surface area contributed by atoms with Gasteiger partial charge in [0.05, 0.1) is 5.54 Å². The van der Waals surface area contributed by atoms with Gasteiger partial charge < -0.3 is 14.7 Å². The molecule has 0 N–H and O–H groups in total. The maximum atomic E-state index is 2.85. The Morgan fingerprint density at radius 2 is 1.14 bits per heavy atom. The maximum absolute atomic E-state index is 2.85. The van der Waals surface area contributed by atoms with E-state index in [9.17, 15) is 0 Å². The summed E-state index contributed by atoms with van der Waals surface area (Å²) in [5.41, 5.74) is 28.4. The Morgan fingerprint density at radius 1 is 0.513 bits per heavy atom. The first kappa shape index (κ1) is 46.1. The molecule has 0 spiro atoms. The summed E-state index contributed by atoms with van der Waals surface area (Å²) in [5.74, 6) is 1.99. The molecule has 0 aromatic heterocycles. The van der Waals surface area contributed by atoms with Crippen LogP contribution in [0.4, 0.5) is 45.5 Å². The van der Waals surface area contributed by atoms with E-state index in [1.807, 2.05) is 0 Å². The Bertz CT molecular complexity index is 3930. The number of fused-ring (bicyclic) bond motifs is 7. The van der Waals surface area contributed by atoms with E-state index in [0.29, 0.717) is 11.8 Å². The highest BCUT2D eigenvalue weighted by Gasteiger charge is 2.59. The molecule has 2 bridgehead atoms. The van der Waals surface area contributed by atoms with Crippen LogP contribution in [0.25, 0.3) is 11.1 Å². The molecule has 0 amide bonds. The molecule has 7 atom stereocenters. The number of hydrogen-bond donors (Lipinski definition) is 0. The molecule has 0 radical (unpaired) electrons. The van der Waals surface area contributed by atoms with Gasteiger partial charge >= 0.3 is 0 Å². The van der Waals surface area contributed by atoms with Gasteiger partial charge in [0, 0.05) is 67.7 Å². The highest BCUT2D eigenvalue weighted by Crippen LogP contribution is 2.63. The first-order chi connectivity index (χ1) is 37.7. The number of allylic oxidation sites excluding steroid dienone is 8. The van der Waals surface area contributed by atoms with Gasteiger partial charge in [-0.3, -0.25) is 0 Å². The largest absolute Gasteiger partial charge is 0.334 e. The Morgan fingerprint density at radius 3 is 1.77 bits per heavy atom. The van der Waals surface area contributed by atoms with E-state index in [4.69, 9.17) is 0 Å². The van der Waals surface area contributed by atoms with Gasteiger partial charge in [0.2, 0.25) is 0 Å². The van der Waals surface area contributed by atoms with Crippen molar-refractivity contribution >= 4 is 87.0 Å². The summed E-state index contributed by atoms with van der Waals surface area (Å²) in [6.07, 6.45) is 21.1. The number of anilines is 8. The summed E-state index contributed by atoms with van der Waals surface area (Å²) in [7, 11) is -2.21. The van der Waals surface area contributed by atoms with E-state index in [-0.39, 0.29) is 28.5 Å². The molecule has 7 aromatic rings. The Labute approximate surface area is 464 Å². The van der Waals surface area contributed by atoms with Crippen molar-refractivity contribution < 1.29 is 0 Å². The highest BCUT2D eigenvalue weighted by atomic mass is 28.3. The molecule has 3 saturated carbocycles. The van der Waals surface area contributed by atoms with Crippen LogP contribution in [0.3, 0.4) is 0 Å². The molecule has 4 heterocycles. The molecule has 3 fully saturated rings. The molecular formula is C73H70BN3Si. The third kappa shape index (κ3) is 5.97. The number of hydrogen-bond acceptors (Lipinski definition) is 3. The monoisotopic (exact) mass is 1030 g/mol. The lowest BCUT2D eigenvalue weighted by Crippen LogP contribution is -2.79. The molecule has 384 valence electrons. The second kappa shape index (κ2) is 15.5. The van der Waals surface area contributed by atoms with Crippen LogP contribution in [0.1, 0.15) is 109 Å². The second-order valence-corrected chi connectivity index (χ2v) is 31.8. The lowest BCUT2D eigenvalue weighted by molar-refractivity contribution is 0.195. The molecule has 78 heavy (non-hydrogen) atoms. The van der Waals surface area contributed by atoms with Gasteiger partial charge in [-0.25, -0.2) is 0 Å². The van der Waals surface area contributed by atoms with E-state index in [0.717, 1.165) is 31.6 Å². The average Bonchev–Trinajstić information content (AvgIpc) is 3.47. The molecule has 18 rings (SSSR count). The fraction of sp³-hybridized carbons (Fsp3) is 0.315. The molecular weight excluding hydrogens is 958 g/mol. The standard InChI is InChI=1S/C73H70BN3Si/c1-45-33-46-34-47(35-46)42-70(2,41-45)53-22-26-55(27-23-53)75-60-17-13-19-64-68(60)74-67-62(75)39-57(77-59-30-21-49(48-15-9-8-10-16-48)38-58(59)72(4)31-11-12-32-73(72,77)5)40-63(67)76(61-18-14-20-65(69(61)74)78(64,6)7)56-28-24-54(25-29-56)71(3)43-51-36-50-37-52(44-71)66(50)51/h8-10,13-30,33,36,38-40,42,44-45,51,66H,11-12,31-32,34-35,37,41,43H2,1-7H3. The quantitative estimate of drug-likeness (QED) is 0.121. The fourth-order valence-electron chi connectivity index (χ4n) is 18.5. The summed E-state index contributed by atoms with van der Waals surface area (Å²) in [6, 6.07) is 58.5. The van der Waals surface area contributed by atoms with Crippen molar-refractivity contribution in [3.63, 3.8) is 0 Å². The number of rotatable bonds is 6. The molecule has 7 unspecified atom stereocenters. The minimum absolute atomic E-state index is 0.0200. The topological polar surface area (TPSA) is 9.72 Å². The summed E-state index contributed by atoms with van der Waals surface area (Å²) < 4.78 is 0. The van der Waals surface area contributed by atoms with Crippen LogP contribution in [0.5, 0.6) is 0 Å². The van der Waals surface area contributed by atoms with Gasteiger partial charge in [-0.2, -0.15) is 0 Å². The van der Waals surface area contributed by atoms with Crippen molar-refractivity contribution in [1.29, 1.82) is 0 Å².